The zero-order valence-electron chi connectivity index (χ0n) is 19.1. The molecule has 0 aromatic rings. The number of hydrogen-bond acceptors (Lipinski definition) is 2. The van der Waals surface area contributed by atoms with Crippen molar-refractivity contribution in [3.05, 3.63) is 12.4 Å². The molecule has 0 aromatic heterocycles. The van der Waals surface area contributed by atoms with Gasteiger partial charge in [-0.05, 0) is 25.7 Å². The minimum atomic E-state index is 0.646. The maximum absolute atomic E-state index is 2.66. The molecule has 1 rings (SSSR count). The Morgan fingerprint density at radius 2 is 0.852 bits per heavy atom. The molecule has 2 heteroatoms. The molecule has 0 aromatic carbocycles. The average Bonchev–Trinajstić information content (AvgIpc) is 3.06. The van der Waals surface area contributed by atoms with E-state index in [9.17, 15) is 0 Å². The lowest BCUT2D eigenvalue weighted by Crippen LogP contribution is -2.39. The lowest BCUT2D eigenvalue weighted by Gasteiger charge is -2.33. The van der Waals surface area contributed by atoms with Gasteiger partial charge in [0.05, 0.1) is 0 Å². The number of rotatable bonds is 19. The molecule has 0 radical (unpaired) electrons. The zero-order valence-corrected chi connectivity index (χ0v) is 19.1. The van der Waals surface area contributed by atoms with Crippen LogP contribution in [0.1, 0.15) is 130 Å². The van der Waals surface area contributed by atoms with Crippen LogP contribution >= 0.6 is 0 Å². The van der Waals surface area contributed by atoms with E-state index in [0.29, 0.717) is 6.17 Å². The Kier molecular flexibility index (Phi) is 15.7. The first kappa shape index (κ1) is 24.4. The van der Waals surface area contributed by atoms with Gasteiger partial charge in [-0.3, -0.25) is 0 Å². The summed E-state index contributed by atoms with van der Waals surface area (Å²) in [4.78, 5) is 5.30. The second kappa shape index (κ2) is 17.4. The molecule has 0 bridgehead atoms. The largest absolute Gasteiger partial charge is 0.356 e. The molecule has 0 saturated carbocycles. The van der Waals surface area contributed by atoms with Crippen molar-refractivity contribution in [3.63, 3.8) is 0 Å². The van der Waals surface area contributed by atoms with Crippen molar-refractivity contribution in [2.75, 3.05) is 13.1 Å². The molecule has 0 saturated heterocycles. The van der Waals surface area contributed by atoms with Gasteiger partial charge in [0.2, 0.25) is 0 Å². The van der Waals surface area contributed by atoms with Gasteiger partial charge in [-0.1, -0.05) is 104 Å². The van der Waals surface area contributed by atoms with Gasteiger partial charge in [0.1, 0.15) is 6.17 Å². The zero-order chi connectivity index (χ0) is 19.6. The summed E-state index contributed by atoms with van der Waals surface area (Å²) < 4.78 is 0. The van der Waals surface area contributed by atoms with Gasteiger partial charge in [-0.25, -0.2) is 0 Å². The monoisotopic (exact) mass is 378 g/mol. The number of unbranched alkanes of at least 4 members (excludes halogenated alkanes) is 13. The molecule has 1 heterocycles. The highest BCUT2D eigenvalue weighted by molar-refractivity contribution is 4.96. The number of hydrogen-bond donors (Lipinski definition) is 0. The van der Waals surface area contributed by atoms with Gasteiger partial charge in [-0.15, -0.1) is 0 Å². The van der Waals surface area contributed by atoms with Gasteiger partial charge < -0.3 is 9.80 Å². The van der Waals surface area contributed by atoms with Crippen molar-refractivity contribution in [2.45, 2.75) is 136 Å². The maximum atomic E-state index is 2.66. The standard InChI is InChI=1S/C25H50N2/c1-4-7-10-12-14-16-19-22-27-24-23-26(21-18-9-6-3)25(27)20-17-15-13-11-8-5-2/h23-25H,4-22H2,1-3H3. The van der Waals surface area contributed by atoms with Crippen molar-refractivity contribution < 1.29 is 0 Å². The minimum Gasteiger partial charge on any atom is -0.356 e. The first-order valence-corrected chi connectivity index (χ1v) is 12.5. The van der Waals surface area contributed by atoms with Crippen LogP contribution in [0.5, 0.6) is 0 Å². The van der Waals surface area contributed by atoms with Crippen LogP contribution in [0, 0.1) is 0 Å². The van der Waals surface area contributed by atoms with Crippen LogP contribution in [0.25, 0.3) is 0 Å². The summed E-state index contributed by atoms with van der Waals surface area (Å²) in [6.45, 7) is 9.42. The van der Waals surface area contributed by atoms with E-state index in [4.69, 9.17) is 0 Å². The van der Waals surface area contributed by atoms with Crippen LogP contribution in [0.15, 0.2) is 12.4 Å². The highest BCUT2D eigenvalue weighted by atomic mass is 15.4. The lowest BCUT2D eigenvalue weighted by atomic mass is 10.1. The fourth-order valence-corrected chi connectivity index (χ4v) is 4.24. The third kappa shape index (κ3) is 11.7. The van der Waals surface area contributed by atoms with Gasteiger partial charge in [0, 0.05) is 25.5 Å². The molecular formula is C25H50N2. The van der Waals surface area contributed by atoms with Crippen LogP contribution in [-0.2, 0) is 0 Å². The van der Waals surface area contributed by atoms with E-state index in [0.717, 1.165) is 0 Å². The molecule has 1 aliphatic rings. The van der Waals surface area contributed by atoms with Gasteiger partial charge in [0.25, 0.3) is 0 Å². The topological polar surface area (TPSA) is 6.48 Å². The lowest BCUT2D eigenvalue weighted by molar-refractivity contribution is 0.135. The summed E-state index contributed by atoms with van der Waals surface area (Å²) in [6, 6.07) is 0. The summed E-state index contributed by atoms with van der Waals surface area (Å²) in [5.41, 5.74) is 0. The average molecular weight is 379 g/mol. The third-order valence-electron chi connectivity index (χ3n) is 6.07. The molecule has 1 unspecified atom stereocenters. The van der Waals surface area contributed by atoms with Crippen LogP contribution in [-0.4, -0.2) is 29.1 Å². The molecule has 0 amide bonds. The Hall–Kier alpha value is -0.660. The summed E-state index contributed by atoms with van der Waals surface area (Å²) >= 11 is 0. The normalized spacial score (nSPS) is 16.6. The SMILES string of the molecule is CCCCCCCCCN1C=CN(CCCCC)C1CCCCCCCC. The van der Waals surface area contributed by atoms with Gasteiger partial charge in [0.15, 0.2) is 0 Å². The Morgan fingerprint density at radius 3 is 1.37 bits per heavy atom. The molecule has 0 aliphatic carbocycles. The van der Waals surface area contributed by atoms with E-state index in [-0.39, 0.29) is 0 Å². The highest BCUT2D eigenvalue weighted by Gasteiger charge is 2.24. The van der Waals surface area contributed by atoms with Gasteiger partial charge >= 0.3 is 0 Å². The quantitative estimate of drug-likeness (QED) is 0.209. The second-order valence-electron chi connectivity index (χ2n) is 8.64. The van der Waals surface area contributed by atoms with Crippen LogP contribution in [0.2, 0.25) is 0 Å². The van der Waals surface area contributed by atoms with Gasteiger partial charge in [-0.2, -0.15) is 0 Å². The smallest absolute Gasteiger partial charge is 0.101 e. The highest BCUT2D eigenvalue weighted by Crippen LogP contribution is 2.23. The second-order valence-corrected chi connectivity index (χ2v) is 8.64. The summed E-state index contributed by atoms with van der Waals surface area (Å²) in [6.07, 6.45) is 29.1. The Labute approximate surface area is 171 Å². The molecule has 27 heavy (non-hydrogen) atoms. The van der Waals surface area contributed by atoms with Crippen LogP contribution in [0.3, 0.4) is 0 Å². The molecule has 0 fully saturated rings. The molecule has 2 nitrogen and oxygen atoms in total. The van der Waals surface area contributed by atoms with E-state index in [1.807, 2.05) is 0 Å². The molecular weight excluding hydrogens is 328 g/mol. The Balaban J connectivity index is 2.28. The van der Waals surface area contributed by atoms with E-state index in [1.165, 1.54) is 122 Å². The first-order valence-electron chi connectivity index (χ1n) is 12.5. The predicted molar refractivity (Wildman–Crippen MR) is 122 cm³/mol. The number of nitrogens with zero attached hydrogens (tertiary/aromatic N) is 2. The van der Waals surface area contributed by atoms with Crippen LogP contribution < -0.4 is 0 Å². The fourth-order valence-electron chi connectivity index (χ4n) is 4.24. The maximum Gasteiger partial charge on any atom is 0.101 e. The summed E-state index contributed by atoms with van der Waals surface area (Å²) in [5.74, 6) is 0. The molecule has 0 N–H and O–H groups in total. The van der Waals surface area contributed by atoms with E-state index >= 15 is 0 Å². The Bertz CT molecular complexity index is 339. The van der Waals surface area contributed by atoms with Crippen molar-refractivity contribution in [1.29, 1.82) is 0 Å². The minimum absolute atomic E-state index is 0.646. The molecule has 0 spiro atoms. The third-order valence-corrected chi connectivity index (χ3v) is 6.07. The Morgan fingerprint density at radius 1 is 0.481 bits per heavy atom. The first-order chi connectivity index (χ1) is 13.3. The molecule has 1 atom stereocenters. The molecule has 1 aliphatic heterocycles. The molecule has 160 valence electrons. The predicted octanol–water partition coefficient (Wildman–Crippen LogP) is 8.09. The van der Waals surface area contributed by atoms with Crippen molar-refractivity contribution >= 4 is 0 Å². The van der Waals surface area contributed by atoms with E-state index in [2.05, 4.69) is 43.0 Å². The fraction of sp³-hybridized carbons (Fsp3) is 0.920. The summed E-state index contributed by atoms with van der Waals surface area (Å²) in [7, 11) is 0. The van der Waals surface area contributed by atoms with Crippen LogP contribution in [0.4, 0.5) is 0 Å². The summed E-state index contributed by atoms with van der Waals surface area (Å²) in [5, 5.41) is 0. The van der Waals surface area contributed by atoms with E-state index < -0.39 is 0 Å². The van der Waals surface area contributed by atoms with Crippen molar-refractivity contribution in [2.24, 2.45) is 0 Å². The van der Waals surface area contributed by atoms with E-state index in [1.54, 1.807) is 0 Å². The van der Waals surface area contributed by atoms with Crippen molar-refractivity contribution in [3.8, 4) is 0 Å². The van der Waals surface area contributed by atoms with Crippen molar-refractivity contribution in [1.82, 2.24) is 9.80 Å².